The maximum Gasteiger partial charge on any atom is 0.0587 e. The first-order valence-electron chi connectivity index (χ1n) is 6.35. The van der Waals surface area contributed by atoms with E-state index in [1.165, 1.54) is 16.7 Å². The second-order valence-electron chi connectivity index (χ2n) is 4.72. The van der Waals surface area contributed by atoms with E-state index >= 15 is 0 Å². The van der Waals surface area contributed by atoms with Crippen LogP contribution in [0.15, 0.2) is 17.0 Å². The molecule has 0 aromatic heterocycles. The number of benzene rings is 1. The van der Waals surface area contributed by atoms with Crippen molar-refractivity contribution in [3.63, 3.8) is 0 Å². The number of nitrogens with one attached hydrogen (secondary N) is 1. The minimum Gasteiger partial charge on any atom is -0.309 e. The zero-order valence-electron chi connectivity index (χ0n) is 11.0. The Bertz CT molecular complexity index is 456. The van der Waals surface area contributed by atoms with Crippen LogP contribution in [0.1, 0.15) is 43.0 Å². The molecule has 3 atom stereocenters. The quantitative estimate of drug-likeness (QED) is 0.895. The topological polar surface area (TPSA) is 29.1 Å². The van der Waals surface area contributed by atoms with Gasteiger partial charge in [0.2, 0.25) is 0 Å². The highest BCUT2D eigenvalue weighted by atomic mass is 32.2. The Morgan fingerprint density at radius 1 is 1.24 bits per heavy atom. The number of fused-ring (bicyclic) bond motifs is 1. The van der Waals surface area contributed by atoms with Gasteiger partial charge in [-0.05, 0) is 43.5 Å². The predicted octanol–water partition coefficient (Wildman–Crippen LogP) is 2.85. The van der Waals surface area contributed by atoms with Gasteiger partial charge in [-0.2, -0.15) is 0 Å². The molecule has 3 unspecified atom stereocenters. The van der Waals surface area contributed by atoms with Crippen LogP contribution in [0.25, 0.3) is 0 Å². The van der Waals surface area contributed by atoms with Crippen LogP contribution < -0.4 is 5.32 Å². The van der Waals surface area contributed by atoms with Crippen LogP contribution in [0.5, 0.6) is 0 Å². The number of hydrogen-bond acceptors (Lipinski definition) is 2. The van der Waals surface area contributed by atoms with Crippen LogP contribution in [0.2, 0.25) is 0 Å². The van der Waals surface area contributed by atoms with Crippen LogP contribution in [-0.4, -0.2) is 16.0 Å². The molecule has 0 aliphatic carbocycles. The molecule has 2 nitrogen and oxygen atoms in total. The van der Waals surface area contributed by atoms with Crippen molar-refractivity contribution in [1.82, 2.24) is 5.32 Å². The molecule has 0 saturated heterocycles. The van der Waals surface area contributed by atoms with Crippen molar-refractivity contribution in [3.05, 3.63) is 28.8 Å². The highest BCUT2D eigenvalue weighted by Crippen LogP contribution is 2.41. The second-order valence-corrected chi connectivity index (χ2v) is 6.33. The molecule has 2 rings (SSSR count). The van der Waals surface area contributed by atoms with Crippen LogP contribution in [-0.2, 0) is 10.8 Å². The minimum atomic E-state index is -0.851. The largest absolute Gasteiger partial charge is 0.309 e. The summed E-state index contributed by atoms with van der Waals surface area (Å²) in [5, 5.41) is 3.73. The Balaban J connectivity index is 2.58. The summed E-state index contributed by atoms with van der Waals surface area (Å²) in [6.07, 6.45) is 0.956. The molecule has 0 amide bonds. The lowest BCUT2D eigenvalue weighted by Gasteiger charge is -2.19. The summed E-state index contributed by atoms with van der Waals surface area (Å²) in [5.74, 6) is 0. The Morgan fingerprint density at radius 3 is 2.47 bits per heavy atom. The molecule has 1 aliphatic heterocycles. The second kappa shape index (κ2) is 4.91. The highest BCUT2D eigenvalue weighted by molar-refractivity contribution is 7.86. The number of aryl methyl sites for hydroxylation is 2. The van der Waals surface area contributed by atoms with Gasteiger partial charge in [0, 0.05) is 10.9 Å². The molecule has 0 saturated carbocycles. The average molecular weight is 251 g/mol. The van der Waals surface area contributed by atoms with Crippen molar-refractivity contribution in [3.8, 4) is 0 Å². The lowest BCUT2D eigenvalue weighted by atomic mass is 9.96. The molecule has 1 heterocycles. The molecular weight excluding hydrogens is 230 g/mol. The van der Waals surface area contributed by atoms with Crippen molar-refractivity contribution in [2.75, 3.05) is 6.54 Å². The number of hydrogen-bond donors (Lipinski definition) is 1. The lowest BCUT2D eigenvalue weighted by Crippen LogP contribution is -2.29. The van der Waals surface area contributed by atoms with Crippen LogP contribution in [0.3, 0.4) is 0 Å². The molecule has 0 spiro atoms. The molecule has 0 fully saturated rings. The van der Waals surface area contributed by atoms with Crippen LogP contribution >= 0.6 is 0 Å². The zero-order chi connectivity index (χ0) is 12.6. The van der Waals surface area contributed by atoms with E-state index in [0.717, 1.165) is 17.9 Å². The van der Waals surface area contributed by atoms with E-state index in [2.05, 4.69) is 45.1 Å². The van der Waals surface area contributed by atoms with E-state index in [4.69, 9.17) is 0 Å². The van der Waals surface area contributed by atoms with Crippen molar-refractivity contribution in [1.29, 1.82) is 0 Å². The fraction of sp³-hybridized carbons (Fsp3) is 0.571. The fourth-order valence-electron chi connectivity index (χ4n) is 2.76. The summed E-state index contributed by atoms with van der Waals surface area (Å²) in [6.45, 7) is 9.35. The van der Waals surface area contributed by atoms with E-state index in [1.807, 2.05) is 0 Å². The summed E-state index contributed by atoms with van der Waals surface area (Å²) in [6, 6.07) is 4.50. The van der Waals surface area contributed by atoms with E-state index in [0.29, 0.717) is 0 Å². The monoisotopic (exact) mass is 251 g/mol. The zero-order valence-corrected chi connectivity index (χ0v) is 11.9. The Labute approximate surface area is 106 Å². The summed E-state index contributed by atoms with van der Waals surface area (Å²) < 4.78 is 12.6. The van der Waals surface area contributed by atoms with E-state index in [1.54, 1.807) is 0 Å². The molecule has 1 N–H and O–H groups in total. The molecule has 0 bridgehead atoms. The van der Waals surface area contributed by atoms with Gasteiger partial charge in [0.25, 0.3) is 0 Å². The van der Waals surface area contributed by atoms with Gasteiger partial charge in [-0.15, -0.1) is 0 Å². The minimum absolute atomic E-state index is 0.227. The standard InChI is InChI=1S/C14H21NOS/c1-5-11-13(15-6-2)12-9(3)7-8-10(4)14(12)17(11)16/h7-8,11,13,15H,5-6H2,1-4H3. The van der Waals surface area contributed by atoms with Gasteiger partial charge in [0.1, 0.15) is 0 Å². The van der Waals surface area contributed by atoms with Crippen molar-refractivity contribution in [2.24, 2.45) is 0 Å². The molecule has 3 heteroatoms. The van der Waals surface area contributed by atoms with E-state index in [9.17, 15) is 4.21 Å². The average Bonchev–Trinajstić information content (AvgIpc) is 2.59. The molecule has 94 valence electrons. The van der Waals surface area contributed by atoms with Crippen LogP contribution in [0, 0.1) is 13.8 Å². The van der Waals surface area contributed by atoms with Crippen molar-refractivity contribution >= 4 is 10.8 Å². The molecule has 1 aromatic rings. The van der Waals surface area contributed by atoms with E-state index in [-0.39, 0.29) is 11.3 Å². The molecule has 17 heavy (non-hydrogen) atoms. The van der Waals surface area contributed by atoms with Crippen molar-refractivity contribution in [2.45, 2.75) is 50.3 Å². The predicted molar refractivity (Wildman–Crippen MR) is 72.8 cm³/mol. The molecule has 0 radical (unpaired) electrons. The van der Waals surface area contributed by atoms with Gasteiger partial charge in [0.05, 0.1) is 16.0 Å². The van der Waals surface area contributed by atoms with Gasteiger partial charge < -0.3 is 5.32 Å². The van der Waals surface area contributed by atoms with Gasteiger partial charge in [-0.3, -0.25) is 4.21 Å². The van der Waals surface area contributed by atoms with Gasteiger partial charge in [-0.1, -0.05) is 26.0 Å². The Morgan fingerprint density at radius 2 is 1.88 bits per heavy atom. The third-order valence-electron chi connectivity index (χ3n) is 3.60. The summed E-state index contributed by atoms with van der Waals surface area (Å²) in [5.41, 5.74) is 3.72. The maximum atomic E-state index is 12.6. The third-order valence-corrected chi connectivity index (χ3v) is 5.70. The first kappa shape index (κ1) is 12.8. The Hall–Kier alpha value is -0.670. The van der Waals surface area contributed by atoms with Gasteiger partial charge in [-0.25, -0.2) is 0 Å². The Kier molecular flexibility index (Phi) is 3.69. The van der Waals surface area contributed by atoms with Crippen LogP contribution in [0.4, 0.5) is 0 Å². The first-order valence-corrected chi connectivity index (χ1v) is 7.57. The molecule has 1 aromatic carbocycles. The van der Waals surface area contributed by atoms with Gasteiger partial charge >= 0.3 is 0 Å². The van der Waals surface area contributed by atoms with Gasteiger partial charge in [0.15, 0.2) is 0 Å². The van der Waals surface area contributed by atoms with Crippen molar-refractivity contribution < 1.29 is 4.21 Å². The summed E-state index contributed by atoms with van der Waals surface area (Å²) >= 11 is 0. The number of rotatable bonds is 3. The highest BCUT2D eigenvalue weighted by Gasteiger charge is 2.39. The normalized spacial score (nSPS) is 27.2. The summed E-state index contributed by atoms with van der Waals surface area (Å²) in [7, 11) is -0.851. The first-order chi connectivity index (χ1) is 8.11. The maximum absolute atomic E-state index is 12.6. The molecular formula is C14H21NOS. The van der Waals surface area contributed by atoms with E-state index < -0.39 is 10.8 Å². The SMILES string of the molecule is CCNC1c2c(C)ccc(C)c2S(=O)C1CC. The fourth-order valence-corrected chi connectivity index (χ4v) is 4.74. The summed E-state index contributed by atoms with van der Waals surface area (Å²) in [4.78, 5) is 1.09. The third kappa shape index (κ3) is 1.95. The smallest absolute Gasteiger partial charge is 0.0587 e. The lowest BCUT2D eigenvalue weighted by molar-refractivity contribution is 0.518. The molecule has 1 aliphatic rings.